The van der Waals surface area contributed by atoms with E-state index in [0.29, 0.717) is 10.4 Å². The molecule has 82 valence electrons. The average molecular weight is 217 g/mol. The van der Waals surface area contributed by atoms with Crippen molar-refractivity contribution in [1.82, 2.24) is 10.2 Å². The first-order valence-electron chi connectivity index (χ1n) is 5.24. The molecule has 0 spiro atoms. The topological polar surface area (TPSA) is 15.3 Å². The lowest BCUT2D eigenvalue weighted by Crippen LogP contribution is -2.42. The van der Waals surface area contributed by atoms with Crippen LogP contribution in [0.5, 0.6) is 0 Å². The second kappa shape index (κ2) is 5.15. The highest BCUT2D eigenvalue weighted by Gasteiger charge is 2.28. The fourth-order valence-electron chi connectivity index (χ4n) is 1.84. The van der Waals surface area contributed by atoms with E-state index in [9.17, 15) is 0 Å². The third kappa shape index (κ3) is 3.99. The van der Waals surface area contributed by atoms with Crippen molar-refractivity contribution in [3.05, 3.63) is 11.6 Å². The van der Waals surface area contributed by atoms with Crippen LogP contribution in [-0.2, 0) is 0 Å². The molecule has 1 fully saturated rings. The van der Waals surface area contributed by atoms with Crippen LogP contribution in [0.4, 0.5) is 0 Å². The van der Waals surface area contributed by atoms with E-state index in [1.165, 1.54) is 25.9 Å². The number of nitrogens with one attached hydrogen (secondary N) is 1. The van der Waals surface area contributed by atoms with Crippen molar-refractivity contribution >= 4 is 11.6 Å². The molecule has 1 aliphatic heterocycles. The molecule has 0 aromatic heterocycles. The largest absolute Gasteiger partial charge is 0.311 e. The molecule has 0 radical (unpaired) electrons. The molecule has 1 aliphatic rings. The van der Waals surface area contributed by atoms with Crippen LogP contribution in [0.2, 0.25) is 0 Å². The predicted octanol–water partition coefficient (Wildman–Crippen LogP) is 2.06. The Morgan fingerprint density at radius 2 is 2.07 bits per heavy atom. The summed E-state index contributed by atoms with van der Waals surface area (Å²) in [6.45, 7) is 10.2. The minimum Gasteiger partial charge on any atom is -0.311 e. The van der Waals surface area contributed by atoms with Crippen LogP contribution in [0.15, 0.2) is 11.6 Å². The molecular weight excluding hydrogens is 196 g/mol. The molecular formula is C11H21ClN2. The van der Waals surface area contributed by atoms with Gasteiger partial charge < -0.3 is 10.2 Å². The van der Waals surface area contributed by atoms with Gasteiger partial charge >= 0.3 is 0 Å². The van der Waals surface area contributed by atoms with Crippen LogP contribution in [0.3, 0.4) is 0 Å². The Morgan fingerprint density at radius 3 is 2.57 bits per heavy atom. The number of rotatable bonds is 4. The van der Waals surface area contributed by atoms with Gasteiger partial charge in [0.2, 0.25) is 0 Å². The average Bonchev–Trinajstić information content (AvgIpc) is 2.10. The maximum Gasteiger partial charge on any atom is 0.0307 e. The van der Waals surface area contributed by atoms with E-state index in [1.54, 1.807) is 0 Å². The first-order chi connectivity index (χ1) is 6.52. The Hall–Kier alpha value is -0.0500. The summed E-state index contributed by atoms with van der Waals surface area (Å²) in [4.78, 5) is 2.39. The maximum absolute atomic E-state index is 5.70. The standard InChI is InChI=1S/C11H21ClN2/c1-10(12)8-13-9-11(2)4-6-14(3)7-5-11/h13H,1,4-9H2,2-3H3. The number of halogens is 1. The van der Waals surface area contributed by atoms with Gasteiger partial charge in [-0.2, -0.15) is 0 Å². The highest BCUT2D eigenvalue weighted by molar-refractivity contribution is 6.29. The number of hydrogen-bond donors (Lipinski definition) is 1. The van der Waals surface area contributed by atoms with Crippen molar-refractivity contribution in [2.24, 2.45) is 5.41 Å². The minimum absolute atomic E-state index is 0.443. The molecule has 2 nitrogen and oxygen atoms in total. The Kier molecular flexibility index (Phi) is 4.42. The van der Waals surface area contributed by atoms with Crippen LogP contribution in [0.25, 0.3) is 0 Å². The maximum atomic E-state index is 5.70. The smallest absolute Gasteiger partial charge is 0.0307 e. The monoisotopic (exact) mass is 216 g/mol. The number of piperidine rings is 1. The molecule has 0 saturated carbocycles. The van der Waals surface area contributed by atoms with E-state index in [4.69, 9.17) is 11.6 Å². The van der Waals surface area contributed by atoms with E-state index in [0.717, 1.165) is 13.1 Å². The fourth-order valence-corrected chi connectivity index (χ4v) is 1.93. The Bertz CT molecular complexity index is 195. The van der Waals surface area contributed by atoms with Crippen LogP contribution in [-0.4, -0.2) is 38.1 Å². The van der Waals surface area contributed by atoms with Crippen molar-refractivity contribution in [2.75, 3.05) is 33.2 Å². The van der Waals surface area contributed by atoms with E-state index >= 15 is 0 Å². The van der Waals surface area contributed by atoms with E-state index in [1.807, 2.05) is 0 Å². The van der Waals surface area contributed by atoms with Crippen molar-refractivity contribution in [2.45, 2.75) is 19.8 Å². The third-order valence-electron chi connectivity index (χ3n) is 3.06. The lowest BCUT2D eigenvalue weighted by atomic mass is 9.80. The zero-order valence-electron chi connectivity index (χ0n) is 9.27. The van der Waals surface area contributed by atoms with Gasteiger partial charge in [0, 0.05) is 18.1 Å². The quantitative estimate of drug-likeness (QED) is 0.774. The molecule has 1 rings (SSSR count). The van der Waals surface area contributed by atoms with Crippen LogP contribution >= 0.6 is 11.6 Å². The first kappa shape index (κ1) is 12.0. The molecule has 0 bridgehead atoms. The molecule has 0 amide bonds. The van der Waals surface area contributed by atoms with Crippen LogP contribution in [0, 0.1) is 5.41 Å². The number of hydrogen-bond acceptors (Lipinski definition) is 2. The van der Waals surface area contributed by atoms with Crippen molar-refractivity contribution < 1.29 is 0 Å². The first-order valence-corrected chi connectivity index (χ1v) is 5.62. The second-order valence-electron chi connectivity index (χ2n) is 4.73. The summed E-state index contributed by atoms with van der Waals surface area (Å²) < 4.78 is 0. The van der Waals surface area contributed by atoms with Gasteiger partial charge in [-0.3, -0.25) is 0 Å². The van der Waals surface area contributed by atoms with E-state index in [2.05, 4.69) is 30.8 Å². The molecule has 3 heteroatoms. The minimum atomic E-state index is 0.443. The summed E-state index contributed by atoms with van der Waals surface area (Å²) in [5.74, 6) is 0. The summed E-state index contributed by atoms with van der Waals surface area (Å²) in [6.07, 6.45) is 2.54. The molecule has 1 heterocycles. The third-order valence-corrected chi connectivity index (χ3v) is 3.20. The summed E-state index contributed by atoms with van der Waals surface area (Å²) in [7, 11) is 2.19. The van der Waals surface area contributed by atoms with Gasteiger partial charge in [-0.25, -0.2) is 0 Å². The second-order valence-corrected chi connectivity index (χ2v) is 5.27. The molecule has 14 heavy (non-hydrogen) atoms. The summed E-state index contributed by atoms with van der Waals surface area (Å²) in [6, 6.07) is 0. The van der Waals surface area contributed by atoms with Gasteiger partial charge in [-0.15, -0.1) is 0 Å². The highest BCUT2D eigenvalue weighted by atomic mass is 35.5. The van der Waals surface area contributed by atoms with Gasteiger partial charge in [0.1, 0.15) is 0 Å². The summed E-state index contributed by atoms with van der Waals surface area (Å²) >= 11 is 5.70. The molecule has 0 unspecified atom stereocenters. The fraction of sp³-hybridized carbons (Fsp3) is 0.818. The molecule has 0 aliphatic carbocycles. The SMILES string of the molecule is C=C(Cl)CNCC1(C)CCN(C)CC1. The van der Waals surface area contributed by atoms with Gasteiger partial charge in [0.05, 0.1) is 0 Å². The Morgan fingerprint density at radius 1 is 1.50 bits per heavy atom. The normalized spacial score (nSPS) is 22.2. The van der Waals surface area contributed by atoms with Crippen molar-refractivity contribution in [3.8, 4) is 0 Å². The lowest BCUT2D eigenvalue weighted by Gasteiger charge is -2.38. The van der Waals surface area contributed by atoms with Gasteiger partial charge in [0.15, 0.2) is 0 Å². The molecule has 1 saturated heterocycles. The summed E-state index contributed by atoms with van der Waals surface area (Å²) in [5, 5.41) is 4.06. The molecule has 0 aromatic rings. The Labute approximate surface area is 92.3 Å². The Balaban J connectivity index is 2.25. The van der Waals surface area contributed by atoms with Gasteiger partial charge in [0.25, 0.3) is 0 Å². The predicted molar refractivity (Wildman–Crippen MR) is 62.7 cm³/mol. The lowest BCUT2D eigenvalue weighted by molar-refractivity contribution is 0.138. The van der Waals surface area contributed by atoms with Gasteiger partial charge in [-0.1, -0.05) is 25.1 Å². The van der Waals surface area contributed by atoms with Crippen molar-refractivity contribution in [1.29, 1.82) is 0 Å². The van der Waals surface area contributed by atoms with Gasteiger partial charge in [-0.05, 0) is 38.4 Å². The zero-order valence-corrected chi connectivity index (χ0v) is 10.0. The van der Waals surface area contributed by atoms with E-state index in [-0.39, 0.29) is 0 Å². The molecule has 1 N–H and O–H groups in total. The van der Waals surface area contributed by atoms with Crippen LogP contribution < -0.4 is 5.32 Å². The molecule has 0 atom stereocenters. The highest BCUT2D eigenvalue weighted by Crippen LogP contribution is 2.29. The van der Waals surface area contributed by atoms with E-state index < -0.39 is 0 Å². The zero-order chi connectivity index (χ0) is 10.6. The van der Waals surface area contributed by atoms with Crippen LogP contribution in [0.1, 0.15) is 19.8 Å². The number of likely N-dealkylation sites (tertiary alicyclic amines) is 1. The molecule has 0 aromatic carbocycles. The number of nitrogens with zero attached hydrogens (tertiary/aromatic N) is 1. The summed E-state index contributed by atoms with van der Waals surface area (Å²) in [5.41, 5.74) is 0.443. The van der Waals surface area contributed by atoms with Crippen molar-refractivity contribution in [3.63, 3.8) is 0 Å².